The molecule has 0 heterocycles. The highest BCUT2D eigenvalue weighted by Gasteiger charge is 2.08. The van der Waals surface area contributed by atoms with Crippen molar-refractivity contribution >= 4 is 17.6 Å². The second-order valence-corrected chi connectivity index (χ2v) is 3.59. The molecule has 0 radical (unpaired) electrons. The third-order valence-electron chi connectivity index (χ3n) is 2.33. The zero-order valence-corrected chi connectivity index (χ0v) is 9.35. The van der Waals surface area contributed by atoms with Crippen molar-refractivity contribution in [3.05, 3.63) is 64.2 Å². The van der Waals surface area contributed by atoms with E-state index in [1.165, 1.54) is 24.4 Å². The van der Waals surface area contributed by atoms with Crippen LogP contribution in [-0.2, 0) is 0 Å². The quantitative estimate of drug-likeness (QED) is 0.510. The van der Waals surface area contributed by atoms with Crippen molar-refractivity contribution in [2.24, 2.45) is 4.99 Å². The number of para-hydroxylation sites is 1. The first-order valence-electron chi connectivity index (χ1n) is 5.23. The fourth-order valence-electron chi connectivity index (χ4n) is 1.42. The van der Waals surface area contributed by atoms with Crippen LogP contribution in [0.5, 0.6) is 5.75 Å². The molecule has 0 unspecified atom stereocenters. The lowest BCUT2D eigenvalue weighted by Crippen LogP contribution is -1.90. The second kappa shape index (κ2) is 5.09. The van der Waals surface area contributed by atoms with E-state index in [-0.39, 0.29) is 11.4 Å². The van der Waals surface area contributed by atoms with E-state index >= 15 is 0 Å². The molecule has 0 spiro atoms. The Morgan fingerprint density at radius 1 is 1.17 bits per heavy atom. The van der Waals surface area contributed by atoms with Gasteiger partial charge in [-0.2, -0.15) is 0 Å². The predicted octanol–water partition coefficient (Wildman–Crippen LogP) is 3.05. The molecule has 0 aromatic heterocycles. The third-order valence-corrected chi connectivity index (χ3v) is 2.33. The highest BCUT2D eigenvalue weighted by Crippen LogP contribution is 2.22. The van der Waals surface area contributed by atoms with Gasteiger partial charge in [-0.05, 0) is 18.2 Å². The summed E-state index contributed by atoms with van der Waals surface area (Å²) in [5, 5.41) is 20.2. The van der Waals surface area contributed by atoms with Gasteiger partial charge in [0, 0.05) is 23.9 Å². The smallest absolute Gasteiger partial charge is 0.270 e. The van der Waals surface area contributed by atoms with E-state index in [1.807, 2.05) is 18.2 Å². The molecular weight excluding hydrogens is 232 g/mol. The van der Waals surface area contributed by atoms with Crippen LogP contribution in [0.3, 0.4) is 0 Å². The van der Waals surface area contributed by atoms with Gasteiger partial charge in [0.05, 0.1) is 10.6 Å². The Morgan fingerprint density at radius 3 is 2.56 bits per heavy atom. The summed E-state index contributed by atoms with van der Waals surface area (Å²) in [6.07, 6.45) is 1.40. The number of non-ortho nitro benzene ring substituents is 1. The highest BCUT2D eigenvalue weighted by molar-refractivity contribution is 5.86. The van der Waals surface area contributed by atoms with E-state index in [4.69, 9.17) is 0 Å². The molecule has 2 aromatic rings. The largest absolute Gasteiger partial charge is 0.507 e. The van der Waals surface area contributed by atoms with E-state index < -0.39 is 4.92 Å². The van der Waals surface area contributed by atoms with E-state index in [9.17, 15) is 15.2 Å². The molecule has 1 N–H and O–H groups in total. The number of benzene rings is 2. The molecular formula is C13H10N2O3. The minimum Gasteiger partial charge on any atom is -0.507 e. The molecule has 0 saturated heterocycles. The summed E-state index contributed by atoms with van der Waals surface area (Å²) in [6, 6.07) is 12.9. The fraction of sp³-hybridized carbons (Fsp3) is 0. The van der Waals surface area contributed by atoms with Crippen molar-refractivity contribution in [2.45, 2.75) is 0 Å². The summed E-state index contributed by atoms with van der Waals surface area (Å²) in [6.45, 7) is 0. The molecule has 2 rings (SSSR count). The number of phenolic OH excluding ortho intramolecular Hbond substituents is 1. The molecule has 2 aromatic carbocycles. The standard InChI is InChI=1S/C13H10N2O3/c16-13-7-6-12(15(17)18)8-10(13)9-14-11-4-2-1-3-5-11/h1-9,16H/b14-9+. The topological polar surface area (TPSA) is 75.7 Å². The Hall–Kier alpha value is -2.69. The molecule has 5 heteroatoms. The van der Waals surface area contributed by atoms with Crippen LogP contribution in [0, 0.1) is 10.1 Å². The number of hydrogen-bond donors (Lipinski definition) is 1. The number of hydrogen-bond acceptors (Lipinski definition) is 4. The Labute approximate surface area is 103 Å². The molecule has 0 fully saturated rings. The van der Waals surface area contributed by atoms with Gasteiger partial charge in [0.15, 0.2) is 0 Å². The summed E-state index contributed by atoms with van der Waals surface area (Å²) < 4.78 is 0. The molecule has 0 aliphatic carbocycles. The monoisotopic (exact) mass is 242 g/mol. The first-order valence-corrected chi connectivity index (χ1v) is 5.23. The number of rotatable bonds is 3. The van der Waals surface area contributed by atoms with E-state index in [2.05, 4.69) is 4.99 Å². The lowest BCUT2D eigenvalue weighted by atomic mass is 10.2. The lowest BCUT2D eigenvalue weighted by Gasteiger charge is -1.98. The Kier molecular flexibility index (Phi) is 3.33. The molecule has 0 bridgehead atoms. The average Bonchev–Trinajstić information content (AvgIpc) is 2.38. The van der Waals surface area contributed by atoms with Gasteiger partial charge in [-0.25, -0.2) is 0 Å². The van der Waals surface area contributed by atoms with E-state index in [1.54, 1.807) is 12.1 Å². The number of aromatic hydroxyl groups is 1. The molecule has 0 amide bonds. The molecule has 0 aliphatic rings. The van der Waals surface area contributed by atoms with Crippen LogP contribution in [-0.4, -0.2) is 16.2 Å². The molecule has 0 aliphatic heterocycles. The Balaban J connectivity index is 2.31. The minimum atomic E-state index is -0.515. The average molecular weight is 242 g/mol. The van der Waals surface area contributed by atoms with Crippen LogP contribution in [0.25, 0.3) is 0 Å². The number of aliphatic imine (C=N–C) groups is 1. The van der Waals surface area contributed by atoms with Gasteiger partial charge < -0.3 is 5.11 Å². The highest BCUT2D eigenvalue weighted by atomic mass is 16.6. The second-order valence-electron chi connectivity index (χ2n) is 3.59. The summed E-state index contributed by atoms with van der Waals surface area (Å²) in [5.74, 6) is -0.0414. The maximum atomic E-state index is 10.6. The summed E-state index contributed by atoms with van der Waals surface area (Å²) in [7, 11) is 0. The summed E-state index contributed by atoms with van der Waals surface area (Å²) in [4.78, 5) is 14.2. The summed E-state index contributed by atoms with van der Waals surface area (Å²) >= 11 is 0. The fourth-order valence-corrected chi connectivity index (χ4v) is 1.42. The van der Waals surface area contributed by atoms with Gasteiger partial charge in [0.1, 0.15) is 5.75 Å². The Morgan fingerprint density at radius 2 is 1.89 bits per heavy atom. The van der Waals surface area contributed by atoms with Gasteiger partial charge in [0.2, 0.25) is 0 Å². The zero-order chi connectivity index (χ0) is 13.0. The molecule has 0 saturated carbocycles. The third kappa shape index (κ3) is 2.70. The van der Waals surface area contributed by atoms with E-state index in [0.29, 0.717) is 11.3 Å². The van der Waals surface area contributed by atoms with Crippen molar-refractivity contribution in [1.82, 2.24) is 0 Å². The van der Waals surface area contributed by atoms with Crippen molar-refractivity contribution in [2.75, 3.05) is 0 Å². The number of nitro benzene ring substituents is 1. The Bertz CT molecular complexity index is 594. The van der Waals surface area contributed by atoms with Crippen LogP contribution in [0.4, 0.5) is 11.4 Å². The number of phenols is 1. The normalized spacial score (nSPS) is 10.7. The number of nitro groups is 1. The molecule has 0 atom stereocenters. The first-order chi connectivity index (χ1) is 8.66. The van der Waals surface area contributed by atoms with Crippen LogP contribution in [0.15, 0.2) is 53.5 Å². The van der Waals surface area contributed by atoms with Gasteiger partial charge in [-0.3, -0.25) is 15.1 Å². The van der Waals surface area contributed by atoms with Crippen LogP contribution < -0.4 is 0 Å². The van der Waals surface area contributed by atoms with Crippen LogP contribution in [0.2, 0.25) is 0 Å². The van der Waals surface area contributed by atoms with Crippen LogP contribution >= 0.6 is 0 Å². The summed E-state index contributed by atoms with van der Waals surface area (Å²) in [5.41, 5.74) is 0.943. The van der Waals surface area contributed by atoms with Gasteiger partial charge >= 0.3 is 0 Å². The molecule has 5 nitrogen and oxygen atoms in total. The van der Waals surface area contributed by atoms with Crippen molar-refractivity contribution in [3.63, 3.8) is 0 Å². The maximum Gasteiger partial charge on any atom is 0.270 e. The minimum absolute atomic E-state index is 0.0414. The van der Waals surface area contributed by atoms with Crippen molar-refractivity contribution in [3.8, 4) is 5.75 Å². The van der Waals surface area contributed by atoms with Gasteiger partial charge in [-0.15, -0.1) is 0 Å². The van der Waals surface area contributed by atoms with Gasteiger partial charge in [-0.1, -0.05) is 18.2 Å². The van der Waals surface area contributed by atoms with Gasteiger partial charge in [0.25, 0.3) is 5.69 Å². The molecule has 90 valence electrons. The van der Waals surface area contributed by atoms with E-state index in [0.717, 1.165) is 0 Å². The SMILES string of the molecule is O=[N+]([O-])c1ccc(O)c(/C=N/c2ccccc2)c1. The lowest BCUT2D eigenvalue weighted by molar-refractivity contribution is -0.384. The maximum absolute atomic E-state index is 10.6. The predicted molar refractivity (Wildman–Crippen MR) is 68.5 cm³/mol. The zero-order valence-electron chi connectivity index (χ0n) is 9.35. The van der Waals surface area contributed by atoms with Crippen LogP contribution in [0.1, 0.15) is 5.56 Å². The first kappa shape index (κ1) is 11.8. The van der Waals surface area contributed by atoms with Crippen molar-refractivity contribution in [1.29, 1.82) is 0 Å². The number of nitrogens with zero attached hydrogens (tertiary/aromatic N) is 2. The molecule has 18 heavy (non-hydrogen) atoms. The van der Waals surface area contributed by atoms with Crippen molar-refractivity contribution < 1.29 is 10.0 Å².